The number of hydrogen-bond donors (Lipinski definition) is 2. The van der Waals surface area contributed by atoms with Gasteiger partial charge in [0.15, 0.2) is 6.61 Å². The third-order valence-electron chi connectivity index (χ3n) is 3.47. The highest BCUT2D eigenvalue weighted by molar-refractivity contribution is 7.97. The third kappa shape index (κ3) is 6.79. The first-order valence-corrected chi connectivity index (χ1v) is 9.34. The van der Waals surface area contributed by atoms with Crippen molar-refractivity contribution < 1.29 is 23.9 Å². The Hall–Kier alpha value is -3.29. The first-order valence-electron chi connectivity index (χ1n) is 8.16. The summed E-state index contributed by atoms with van der Waals surface area (Å²) in [5, 5.41) is 4.83. The van der Waals surface area contributed by atoms with Gasteiger partial charge < -0.3 is 14.8 Å². The van der Waals surface area contributed by atoms with Crippen LogP contribution in [-0.2, 0) is 14.3 Å². The summed E-state index contributed by atoms with van der Waals surface area (Å²) in [7, 11) is 1.27. The molecule has 0 aliphatic heterocycles. The van der Waals surface area contributed by atoms with Crippen LogP contribution in [0.2, 0.25) is 0 Å². The molecule has 0 unspecified atom stereocenters. The molecule has 8 nitrogen and oxygen atoms in total. The first kappa shape index (κ1) is 21.0. The quantitative estimate of drug-likeness (QED) is 0.431. The molecule has 9 heteroatoms. The van der Waals surface area contributed by atoms with E-state index in [0.29, 0.717) is 11.4 Å². The van der Waals surface area contributed by atoms with Crippen LogP contribution in [0, 0.1) is 5.92 Å². The number of rotatable bonds is 6. The van der Waals surface area contributed by atoms with Gasteiger partial charge in [-0.2, -0.15) is 4.40 Å². The summed E-state index contributed by atoms with van der Waals surface area (Å²) < 4.78 is 13.6. The molecule has 0 bridgehead atoms. The topological polar surface area (TPSA) is 106 Å². The minimum absolute atomic E-state index is 0.208. The van der Waals surface area contributed by atoms with Gasteiger partial charge in [-0.25, -0.2) is 9.59 Å². The number of anilines is 1. The van der Waals surface area contributed by atoms with Crippen molar-refractivity contribution in [2.45, 2.75) is 0 Å². The molecular weight excluding hydrogens is 382 g/mol. The van der Waals surface area contributed by atoms with Crippen LogP contribution in [0.1, 0.15) is 0 Å². The molecule has 1 aromatic carbocycles. The Morgan fingerprint density at radius 2 is 1.86 bits per heavy atom. The van der Waals surface area contributed by atoms with E-state index in [-0.39, 0.29) is 6.61 Å². The number of nitrogens with one attached hydrogen (secondary N) is 2. The molecule has 146 valence electrons. The van der Waals surface area contributed by atoms with E-state index in [0.717, 1.165) is 5.57 Å². The monoisotopic (exact) mass is 401 g/mol. The molecule has 0 saturated carbocycles. The second kappa shape index (κ2) is 10.8. The third-order valence-corrected chi connectivity index (χ3v) is 3.74. The number of carbonyl (C=O) groups excluding carboxylic acids is 3. The Labute approximate surface area is 166 Å². The number of benzene rings is 1. The normalized spacial score (nSPS) is 14.6. The SMILES string of the molecule is COC(=O)COc1ccc(NC(=O)NC(=O)C2C=CC(=C=NSC)C=C2)cc1. The second-order valence-electron chi connectivity index (χ2n) is 5.42. The van der Waals surface area contributed by atoms with Crippen molar-refractivity contribution in [1.82, 2.24) is 5.32 Å². The summed E-state index contributed by atoms with van der Waals surface area (Å²) in [6, 6.07) is 5.67. The highest BCUT2D eigenvalue weighted by atomic mass is 32.2. The highest BCUT2D eigenvalue weighted by Crippen LogP contribution is 2.16. The standard InChI is InChI=1S/C19H19N3O5S/c1-26-17(23)12-27-16-9-7-15(8-10-16)21-19(25)22-18(24)14-5-3-13(4-6-14)11-20-28-2/h3-10,14H,12H2,1-2H3,(H2,21,22,24,25). The van der Waals surface area contributed by atoms with Crippen LogP contribution in [0.3, 0.4) is 0 Å². The summed E-state index contributed by atoms with van der Waals surface area (Å²) in [5.41, 5.74) is 1.21. The molecule has 0 radical (unpaired) electrons. The fourth-order valence-electron chi connectivity index (χ4n) is 2.08. The van der Waals surface area contributed by atoms with E-state index >= 15 is 0 Å². The van der Waals surface area contributed by atoms with E-state index in [1.807, 2.05) is 6.26 Å². The molecule has 1 aliphatic rings. The van der Waals surface area contributed by atoms with E-state index < -0.39 is 23.8 Å². The maximum Gasteiger partial charge on any atom is 0.343 e. The van der Waals surface area contributed by atoms with Crippen LogP contribution in [0.5, 0.6) is 5.75 Å². The lowest BCUT2D eigenvalue weighted by Crippen LogP contribution is -2.37. The van der Waals surface area contributed by atoms with Crippen LogP contribution in [0.15, 0.2) is 58.5 Å². The van der Waals surface area contributed by atoms with Gasteiger partial charge in [0.25, 0.3) is 0 Å². The fourth-order valence-corrected chi connectivity index (χ4v) is 2.27. The van der Waals surface area contributed by atoms with Gasteiger partial charge in [0.1, 0.15) is 5.75 Å². The predicted octanol–water partition coefficient (Wildman–Crippen LogP) is 2.50. The van der Waals surface area contributed by atoms with Crippen molar-refractivity contribution in [3.8, 4) is 5.75 Å². The van der Waals surface area contributed by atoms with Gasteiger partial charge in [0.05, 0.1) is 13.0 Å². The van der Waals surface area contributed by atoms with E-state index in [1.165, 1.54) is 19.1 Å². The Kier molecular flexibility index (Phi) is 8.08. The van der Waals surface area contributed by atoms with Crippen molar-refractivity contribution in [3.63, 3.8) is 0 Å². The number of methoxy groups -OCH3 is 1. The summed E-state index contributed by atoms with van der Waals surface area (Å²) in [6.45, 7) is -0.208. The zero-order valence-electron chi connectivity index (χ0n) is 15.3. The van der Waals surface area contributed by atoms with Crippen LogP contribution in [0.4, 0.5) is 10.5 Å². The molecule has 1 aromatic rings. The molecule has 2 N–H and O–H groups in total. The van der Waals surface area contributed by atoms with Crippen LogP contribution >= 0.6 is 11.9 Å². The number of amides is 3. The zero-order valence-corrected chi connectivity index (χ0v) is 16.1. The van der Waals surface area contributed by atoms with Gasteiger partial charge >= 0.3 is 12.0 Å². The molecule has 0 spiro atoms. The lowest BCUT2D eigenvalue weighted by Gasteiger charge is -2.12. The Bertz CT molecular complexity index is 839. The van der Waals surface area contributed by atoms with E-state index in [9.17, 15) is 14.4 Å². The molecule has 0 atom stereocenters. The summed E-state index contributed by atoms with van der Waals surface area (Å²) in [6.07, 6.45) is 8.58. The Balaban J connectivity index is 1.83. The lowest BCUT2D eigenvalue weighted by atomic mass is 10.0. The van der Waals surface area contributed by atoms with Crippen molar-refractivity contribution in [3.05, 3.63) is 54.1 Å². The minimum Gasteiger partial charge on any atom is -0.482 e. The Morgan fingerprint density at radius 1 is 1.18 bits per heavy atom. The van der Waals surface area contributed by atoms with Crippen molar-refractivity contribution in [2.24, 2.45) is 10.3 Å². The van der Waals surface area contributed by atoms with Crippen LogP contribution < -0.4 is 15.4 Å². The van der Waals surface area contributed by atoms with Crippen LogP contribution in [0.25, 0.3) is 0 Å². The molecule has 2 rings (SSSR count). The molecule has 1 aliphatic carbocycles. The number of nitrogens with zero attached hydrogens (tertiary/aromatic N) is 1. The average Bonchev–Trinajstić information content (AvgIpc) is 2.71. The molecule has 0 aromatic heterocycles. The number of allylic oxidation sites excluding steroid dienone is 3. The maximum absolute atomic E-state index is 12.2. The summed E-state index contributed by atoms with van der Waals surface area (Å²) in [4.78, 5) is 35.2. The first-order chi connectivity index (χ1) is 13.5. The number of hydrogen-bond acceptors (Lipinski definition) is 7. The predicted molar refractivity (Wildman–Crippen MR) is 107 cm³/mol. The molecular formula is C19H19N3O5S. The van der Waals surface area contributed by atoms with Gasteiger partial charge in [-0.1, -0.05) is 12.2 Å². The lowest BCUT2D eigenvalue weighted by molar-refractivity contribution is -0.142. The molecule has 0 heterocycles. The number of esters is 1. The number of carbonyl (C=O) groups is 3. The number of ether oxygens (including phenoxy) is 2. The second-order valence-corrected chi connectivity index (χ2v) is 5.97. The van der Waals surface area contributed by atoms with Gasteiger partial charge in [0, 0.05) is 23.4 Å². The van der Waals surface area contributed by atoms with Crippen molar-refractivity contribution in [2.75, 3.05) is 25.3 Å². The molecule has 0 fully saturated rings. The van der Waals surface area contributed by atoms with E-state index in [1.54, 1.807) is 48.6 Å². The highest BCUT2D eigenvalue weighted by Gasteiger charge is 2.17. The fraction of sp³-hybridized carbons (Fsp3) is 0.211. The van der Waals surface area contributed by atoms with Gasteiger partial charge in [-0.3, -0.25) is 10.1 Å². The van der Waals surface area contributed by atoms with Gasteiger partial charge in [-0.05, 0) is 48.4 Å². The summed E-state index contributed by atoms with van der Waals surface area (Å²) >= 11 is 1.28. The van der Waals surface area contributed by atoms with E-state index in [4.69, 9.17) is 4.74 Å². The van der Waals surface area contributed by atoms with Crippen LogP contribution in [-0.4, -0.2) is 43.7 Å². The number of imide groups is 1. The van der Waals surface area contributed by atoms with Crippen molar-refractivity contribution >= 4 is 41.4 Å². The summed E-state index contributed by atoms with van der Waals surface area (Å²) in [5.74, 6) is 1.75. The molecule has 28 heavy (non-hydrogen) atoms. The molecule has 3 amide bonds. The largest absolute Gasteiger partial charge is 0.482 e. The average molecular weight is 401 g/mol. The maximum atomic E-state index is 12.2. The van der Waals surface area contributed by atoms with Gasteiger partial charge in [-0.15, -0.1) is 0 Å². The zero-order chi connectivity index (χ0) is 20.4. The van der Waals surface area contributed by atoms with Crippen molar-refractivity contribution in [1.29, 1.82) is 0 Å². The number of urea groups is 1. The smallest absolute Gasteiger partial charge is 0.343 e. The van der Waals surface area contributed by atoms with Gasteiger partial charge in [0.2, 0.25) is 5.91 Å². The van der Waals surface area contributed by atoms with E-state index in [2.05, 4.69) is 25.6 Å². The molecule has 0 saturated heterocycles. The Morgan fingerprint density at radius 3 is 2.46 bits per heavy atom. The minimum atomic E-state index is -0.652.